The van der Waals surface area contributed by atoms with Crippen LogP contribution in [-0.4, -0.2) is 18.1 Å². The second kappa shape index (κ2) is 7.13. The van der Waals surface area contributed by atoms with E-state index in [2.05, 4.69) is 79.7 Å². The molecule has 1 aliphatic rings. The Kier molecular flexibility index (Phi) is 5.34. The van der Waals surface area contributed by atoms with Crippen molar-refractivity contribution in [3.05, 3.63) is 41.0 Å². The van der Waals surface area contributed by atoms with Crippen LogP contribution in [0.1, 0.15) is 51.3 Å². The first-order valence-electron chi connectivity index (χ1n) is 9.82. The third-order valence-corrected chi connectivity index (χ3v) is 9.09. The van der Waals surface area contributed by atoms with E-state index in [0.29, 0.717) is 5.92 Å². The summed E-state index contributed by atoms with van der Waals surface area (Å²) in [4.78, 5) is 0. The smallest absolute Gasteiger partial charge is 0.129 e. The van der Waals surface area contributed by atoms with Gasteiger partial charge in [-0.05, 0) is 68.1 Å². The van der Waals surface area contributed by atoms with Crippen LogP contribution in [0.2, 0.25) is 0 Å². The number of aryl methyl sites for hydroxylation is 2. The number of hydrogen-bond acceptors (Lipinski definition) is 2. The molecule has 0 bridgehead atoms. The second-order valence-electron chi connectivity index (χ2n) is 8.99. The van der Waals surface area contributed by atoms with Crippen LogP contribution in [0.15, 0.2) is 24.3 Å². The minimum absolute atomic E-state index is 0.172. The van der Waals surface area contributed by atoms with Crippen molar-refractivity contribution < 1.29 is 9.47 Å². The molecule has 0 spiro atoms. The molecular weight excluding hydrogens is 351 g/mol. The lowest BCUT2D eigenvalue weighted by Crippen LogP contribution is -2.28. The predicted molar refractivity (Wildman–Crippen MR) is 118 cm³/mol. The number of rotatable bonds is 3. The van der Waals surface area contributed by atoms with Crippen molar-refractivity contribution in [2.45, 2.75) is 66.4 Å². The van der Waals surface area contributed by atoms with Crippen LogP contribution in [0.5, 0.6) is 11.5 Å². The van der Waals surface area contributed by atoms with Crippen LogP contribution in [-0.2, 0) is 0 Å². The first-order valence-corrected chi connectivity index (χ1v) is 11.2. The van der Waals surface area contributed by atoms with Crippen molar-refractivity contribution in [3.63, 3.8) is 0 Å². The molecule has 1 heterocycles. The molecule has 0 saturated heterocycles. The van der Waals surface area contributed by atoms with Gasteiger partial charge in [0.2, 0.25) is 0 Å². The molecule has 0 N–H and O–H groups in total. The molecule has 3 rings (SSSR count). The van der Waals surface area contributed by atoms with E-state index in [-0.39, 0.29) is 11.0 Å². The van der Waals surface area contributed by atoms with Crippen molar-refractivity contribution in [1.82, 2.24) is 0 Å². The van der Waals surface area contributed by atoms with Crippen molar-refractivity contribution >= 4 is 13.2 Å². The largest absolute Gasteiger partial charge is 0.496 e. The third kappa shape index (κ3) is 3.38. The summed E-state index contributed by atoms with van der Waals surface area (Å²) >= 11 is 0. The van der Waals surface area contributed by atoms with E-state index in [9.17, 15) is 0 Å². The van der Waals surface area contributed by atoms with Gasteiger partial charge in [0.05, 0.1) is 7.11 Å². The van der Waals surface area contributed by atoms with Crippen LogP contribution >= 0.6 is 7.92 Å². The summed E-state index contributed by atoms with van der Waals surface area (Å²) in [6.07, 6.45) is 0. The van der Waals surface area contributed by atoms with Gasteiger partial charge in [-0.15, -0.1) is 0 Å². The summed E-state index contributed by atoms with van der Waals surface area (Å²) in [7, 11) is 1.31. The molecule has 146 valence electrons. The summed E-state index contributed by atoms with van der Waals surface area (Å²) < 4.78 is 12.4. The number of hydrogen-bond donors (Lipinski definition) is 0. The fourth-order valence-electron chi connectivity index (χ4n) is 4.18. The molecule has 1 aliphatic heterocycles. The van der Waals surface area contributed by atoms with Crippen LogP contribution in [0.25, 0.3) is 11.1 Å². The van der Waals surface area contributed by atoms with E-state index in [0.717, 1.165) is 11.5 Å². The molecule has 27 heavy (non-hydrogen) atoms. The number of methoxy groups -OCH3 is 1. The first kappa shape index (κ1) is 20.2. The van der Waals surface area contributed by atoms with E-state index in [1.165, 1.54) is 33.1 Å². The van der Waals surface area contributed by atoms with Gasteiger partial charge in [-0.25, -0.2) is 0 Å². The average Bonchev–Trinajstić information content (AvgIpc) is 2.98. The molecule has 2 nitrogen and oxygen atoms in total. The van der Waals surface area contributed by atoms with Gasteiger partial charge in [0.1, 0.15) is 17.3 Å². The second-order valence-corrected chi connectivity index (χ2v) is 12.0. The van der Waals surface area contributed by atoms with E-state index in [4.69, 9.17) is 9.47 Å². The molecule has 0 amide bonds. The fourth-order valence-corrected chi connectivity index (χ4v) is 7.49. The Morgan fingerprint density at radius 3 is 2.30 bits per heavy atom. The minimum atomic E-state index is -0.476. The Labute approximate surface area is 166 Å². The molecule has 0 radical (unpaired) electrons. The van der Waals surface area contributed by atoms with Crippen LogP contribution in [0.4, 0.5) is 0 Å². The maximum Gasteiger partial charge on any atom is 0.129 e. The van der Waals surface area contributed by atoms with E-state index >= 15 is 0 Å². The number of ether oxygens (including phenoxy) is 2. The lowest BCUT2D eigenvalue weighted by molar-refractivity contribution is 0.240. The third-order valence-electron chi connectivity index (χ3n) is 5.49. The van der Waals surface area contributed by atoms with Crippen molar-refractivity contribution in [2.75, 3.05) is 7.11 Å². The van der Waals surface area contributed by atoms with E-state index < -0.39 is 7.92 Å². The van der Waals surface area contributed by atoms with E-state index in [1.54, 1.807) is 7.11 Å². The average molecular weight is 385 g/mol. The molecule has 0 aliphatic carbocycles. The van der Waals surface area contributed by atoms with Gasteiger partial charge < -0.3 is 9.47 Å². The summed E-state index contributed by atoms with van der Waals surface area (Å²) in [5, 5.41) is 1.58. The maximum atomic E-state index is 6.53. The van der Waals surface area contributed by atoms with E-state index in [1.807, 2.05) is 0 Å². The van der Waals surface area contributed by atoms with Gasteiger partial charge >= 0.3 is 0 Å². The highest BCUT2D eigenvalue weighted by atomic mass is 31.1. The molecule has 2 atom stereocenters. The van der Waals surface area contributed by atoms with Gasteiger partial charge in [-0.2, -0.15) is 0 Å². The van der Waals surface area contributed by atoms with Crippen molar-refractivity contribution in [1.29, 1.82) is 0 Å². The zero-order valence-corrected chi connectivity index (χ0v) is 19.1. The Morgan fingerprint density at radius 1 is 1.07 bits per heavy atom. The molecule has 0 fully saturated rings. The minimum Gasteiger partial charge on any atom is -0.496 e. The zero-order chi connectivity index (χ0) is 20.1. The normalized spacial score (nSPS) is 19.2. The molecule has 2 aromatic rings. The predicted octanol–water partition coefficient (Wildman–Crippen LogP) is 6.57. The Bertz CT molecular complexity index is 862. The lowest BCUT2D eigenvalue weighted by Gasteiger charge is -2.34. The van der Waals surface area contributed by atoms with Crippen LogP contribution < -0.4 is 14.8 Å². The molecule has 0 aromatic heterocycles. The van der Waals surface area contributed by atoms with Gasteiger partial charge in [0.25, 0.3) is 0 Å². The van der Waals surface area contributed by atoms with Crippen LogP contribution in [0.3, 0.4) is 0 Å². The van der Waals surface area contributed by atoms with Gasteiger partial charge in [-0.3, -0.25) is 0 Å². The summed E-state index contributed by atoms with van der Waals surface area (Å²) in [6, 6.07) is 8.76. The molecule has 0 unspecified atom stereocenters. The number of fused-ring (bicyclic) bond motifs is 1. The quantitative estimate of drug-likeness (QED) is 0.557. The summed E-state index contributed by atoms with van der Waals surface area (Å²) in [5.41, 5.74) is 6.31. The topological polar surface area (TPSA) is 18.5 Å². The van der Waals surface area contributed by atoms with Gasteiger partial charge in [0.15, 0.2) is 0 Å². The first-order chi connectivity index (χ1) is 12.6. The highest BCUT2D eigenvalue weighted by Crippen LogP contribution is 2.62. The Morgan fingerprint density at radius 2 is 1.74 bits per heavy atom. The Hall–Kier alpha value is -1.53. The summed E-state index contributed by atoms with van der Waals surface area (Å²) in [5.74, 6) is 2.79. The standard InChI is InChI=1S/C24H33O2P/c1-14(2)23-26-19-12-10-11-18(22(19)27(23)24(6,7)8)20-17(5)15(3)13-16(4)21(20)25-9/h10-14,23H,1-9H3/t23-,27+/m0/s1. The molecular formula is C24H33O2P. The fraction of sp³-hybridized carbons (Fsp3) is 0.500. The number of benzene rings is 2. The summed E-state index contributed by atoms with van der Waals surface area (Å²) in [6.45, 7) is 18.2. The maximum absolute atomic E-state index is 6.53. The molecule has 3 heteroatoms. The van der Waals surface area contributed by atoms with Gasteiger partial charge in [-0.1, -0.05) is 52.8 Å². The highest BCUT2D eigenvalue weighted by molar-refractivity contribution is 7.68. The Balaban J connectivity index is 2.34. The molecule has 2 aromatic carbocycles. The SMILES string of the molecule is COc1c(C)cc(C)c(C)c1-c1cccc2c1[P@@](C(C)(C)C)[C@@H](C(C)C)O2. The van der Waals surface area contributed by atoms with Crippen LogP contribution in [0, 0.1) is 26.7 Å². The monoisotopic (exact) mass is 384 g/mol. The lowest BCUT2D eigenvalue weighted by atomic mass is 9.93. The van der Waals surface area contributed by atoms with Gasteiger partial charge in [0, 0.05) is 10.9 Å². The van der Waals surface area contributed by atoms with Crippen molar-refractivity contribution in [2.24, 2.45) is 5.92 Å². The zero-order valence-electron chi connectivity index (χ0n) is 18.2. The van der Waals surface area contributed by atoms with Crippen molar-refractivity contribution in [3.8, 4) is 22.6 Å². The highest BCUT2D eigenvalue weighted by Gasteiger charge is 2.44. The molecule has 0 saturated carbocycles.